The minimum atomic E-state index is -1.75. The fraction of sp³-hybridized carbons (Fsp3) is 0.538. The largest absolute Gasteiger partial charge is 0.477 e. The number of aromatic carboxylic acids is 1. The van der Waals surface area contributed by atoms with Crippen LogP contribution in [0.15, 0.2) is 60.7 Å². The minimum absolute atomic E-state index is 0.00161. The van der Waals surface area contributed by atoms with Crippen LogP contribution in [0.3, 0.4) is 0 Å². The molecule has 1 unspecified atom stereocenters. The van der Waals surface area contributed by atoms with Crippen LogP contribution in [0.1, 0.15) is 55.8 Å². The normalized spacial score (nSPS) is 16.9. The Morgan fingerprint density at radius 1 is 0.732 bits per heavy atom. The number of rotatable bonds is 16. The summed E-state index contributed by atoms with van der Waals surface area (Å²) in [7, 11) is 0. The molecule has 0 saturated carbocycles. The fourth-order valence-corrected chi connectivity index (χ4v) is 5.85. The van der Waals surface area contributed by atoms with E-state index in [0.717, 1.165) is 5.56 Å². The van der Waals surface area contributed by atoms with Gasteiger partial charge in [0.15, 0.2) is 6.29 Å². The molecule has 308 valence electrons. The van der Waals surface area contributed by atoms with Gasteiger partial charge in [-0.1, -0.05) is 24.3 Å². The molecule has 17 nitrogen and oxygen atoms in total. The van der Waals surface area contributed by atoms with Crippen molar-refractivity contribution in [3.05, 3.63) is 94.6 Å². The van der Waals surface area contributed by atoms with E-state index in [1.807, 2.05) is 18.2 Å². The maximum absolute atomic E-state index is 12.9. The van der Waals surface area contributed by atoms with Gasteiger partial charge in [-0.25, -0.2) is 9.78 Å². The number of nitrogens with zero attached hydrogens (tertiary/aromatic N) is 4. The van der Waals surface area contributed by atoms with Crippen LogP contribution in [-0.2, 0) is 35.0 Å². The van der Waals surface area contributed by atoms with E-state index in [0.29, 0.717) is 142 Å². The van der Waals surface area contributed by atoms with Crippen LogP contribution in [0, 0.1) is 0 Å². The summed E-state index contributed by atoms with van der Waals surface area (Å²) in [6.45, 7) is 8.13. The lowest BCUT2D eigenvalue weighted by atomic mass is 9.99. The number of nitrogens with one attached hydrogen (secondary N) is 1. The smallest absolute Gasteiger partial charge is 0.354 e. The second kappa shape index (κ2) is 26.0. The quantitative estimate of drug-likeness (QED) is 0.100. The van der Waals surface area contributed by atoms with Gasteiger partial charge in [0.1, 0.15) is 5.69 Å². The summed E-state index contributed by atoms with van der Waals surface area (Å²) in [6.07, 6.45) is -1.75. The van der Waals surface area contributed by atoms with Crippen molar-refractivity contribution in [2.24, 2.45) is 5.73 Å². The van der Waals surface area contributed by atoms with Crippen LogP contribution in [0.25, 0.3) is 0 Å². The number of hydrogen-bond donors (Lipinski definition) is 5. The molecule has 4 rings (SSSR count). The van der Waals surface area contributed by atoms with Gasteiger partial charge >= 0.3 is 5.97 Å². The molecule has 2 aromatic heterocycles. The predicted molar refractivity (Wildman–Crippen MR) is 204 cm³/mol. The summed E-state index contributed by atoms with van der Waals surface area (Å²) < 4.78 is 34.5. The number of nitrogens with two attached hydrogens (primary N) is 1. The van der Waals surface area contributed by atoms with E-state index >= 15 is 0 Å². The Balaban J connectivity index is 1.39. The molecule has 3 heterocycles. The predicted octanol–water partition coefficient (Wildman–Crippen LogP) is 0.853. The van der Waals surface area contributed by atoms with Crippen molar-refractivity contribution in [1.82, 2.24) is 25.1 Å². The number of carboxylic acids is 1. The van der Waals surface area contributed by atoms with Crippen LogP contribution in [0.4, 0.5) is 0 Å². The third-order valence-electron chi connectivity index (χ3n) is 8.66. The summed E-state index contributed by atoms with van der Waals surface area (Å²) in [5.41, 5.74) is 8.07. The zero-order chi connectivity index (χ0) is 39.8. The van der Waals surface area contributed by atoms with Gasteiger partial charge in [-0.05, 0) is 42.0 Å². The molecule has 1 aliphatic heterocycles. The molecule has 0 aliphatic carbocycles. The Labute approximate surface area is 327 Å². The molecule has 17 heteroatoms. The topological polar surface area (TPSA) is 221 Å². The molecular weight excluding hydrogens is 728 g/mol. The average Bonchev–Trinajstić information content (AvgIpc) is 3.20. The van der Waals surface area contributed by atoms with Gasteiger partial charge in [0.2, 0.25) is 0 Å². The highest BCUT2D eigenvalue weighted by Crippen LogP contribution is 2.29. The summed E-state index contributed by atoms with van der Waals surface area (Å²) >= 11 is 0. The van der Waals surface area contributed by atoms with Crippen LogP contribution < -0.4 is 11.1 Å². The van der Waals surface area contributed by atoms with E-state index < -0.39 is 18.3 Å². The lowest BCUT2D eigenvalue weighted by Crippen LogP contribution is -2.36. The summed E-state index contributed by atoms with van der Waals surface area (Å²) in [6, 6.07) is 16.9. The monoisotopic (exact) mass is 784 g/mol. The molecule has 1 fully saturated rings. The van der Waals surface area contributed by atoms with Crippen LogP contribution in [-0.4, -0.2) is 166 Å². The second-order valence-electron chi connectivity index (χ2n) is 12.7. The number of amides is 1. The van der Waals surface area contributed by atoms with Gasteiger partial charge in [-0.15, -0.1) is 0 Å². The Kier molecular flexibility index (Phi) is 20.8. The molecular formula is C39H56N6O11. The lowest BCUT2D eigenvalue weighted by Gasteiger charge is -2.32. The summed E-state index contributed by atoms with van der Waals surface area (Å²) in [4.78, 5) is 37.4. The zero-order valence-electron chi connectivity index (χ0n) is 31.8. The van der Waals surface area contributed by atoms with Gasteiger partial charge in [0.05, 0.1) is 102 Å². The van der Waals surface area contributed by atoms with Crippen molar-refractivity contribution >= 4 is 11.9 Å². The van der Waals surface area contributed by atoms with Gasteiger partial charge in [-0.2, -0.15) is 0 Å². The van der Waals surface area contributed by atoms with Crippen molar-refractivity contribution < 1.29 is 53.3 Å². The highest BCUT2D eigenvalue weighted by atomic mass is 16.5. The third kappa shape index (κ3) is 16.2. The molecule has 1 aliphatic rings. The maximum Gasteiger partial charge on any atom is 0.354 e. The van der Waals surface area contributed by atoms with Crippen LogP contribution in [0.2, 0.25) is 0 Å². The molecule has 1 saturated heterocycles. The first-order chi connectivity index (χ1) is 27.4. The number of ether oxygens (including phenoxy) is 6. The van der Waals surface area contributed by atoms with Crippen molar-refractivity contribution in [3.63, 3.8) is 0 Å². The number of carboxylic acid groups (broad SMARTS) is 1. The van der Waals surface area contributed by atoms with Crippen molar-refractivity contribution in [2.75, 3.05) is 119 Å². The van der Waals surface area contributed by atoms with Gasteiger partial charge < -0.3 is 54.8 Å². The number of pyridine rings is 2. The second-order valence-corrected chi connectivity index (χ2v) is 12.7. The molecule has 1 atom stereocenters. The molecule has 1 amide bonds. The first-order valence-corrected chi connectivity index (χ1v) is 18.9. The number of aromatic nitrogens is 2. The SMILES string of the molecule is NCCOCCOCCNC(=O)c1ccc(C(c2cccc(C(O)O)n2)N2CCOCCOCCN(Cc3cccc(C(=O)O)n3)CCOCCOCC2)cc1. The van der Waals surface area contributed by atoms with E-state index in [2.05, 4.69) is 25.1 Å². The molecule has 3 aromatic rings. The van der Waals surface area contributed by atoms with E-state index in [9.17, 15) is 24.9 Å². The standard InChI is InChI=1S/C39H56N6O11/c40-11-17-51-23-24-52-18-12-41-37(46)31-9-7-30(8-10-31)36(33-4-2-6-35(43-33)39(49)50)45-15-21-55-27-25-53-19-13-44(14-20-54-26-28-56-22-16-45)29-32-3-1-5-34(42-32)38(47)48/h1-10,36,39,49-50H,11-29,40H2,(H,41,46)(H,47,48). The van der Waals surface area contributed by atoms with Crippen molar-refractivity contribution in [2.45, 2.75) is 18.9 Å². The fourth-order valence-electron chi connectivity index (χ4n) is 5.85. The number of aliphatic hydroxyl groups excluding tert-OH is 1. The zero-order valence-corrected chi connectivity index (χ0v) is 31.8. The molecule has 1 aromatic carbocycles. The van der Waals surface area contributed by atoms with Crippen molar-refractivity contribution in [1.29, 1.82) is 0 Å². The highest BCUT2D eigenvalue weighted by Gasteiger charge is 2.25. The van der Waals surface area contributed by atoms with E-state index in [-0.39, 0.29) is 17.3 Å². The van der Waals surface area contributed by atoms with E-state index in [4.69, 9.17) is 34.2 Å². The molecule has 0 radical (unpaired) electrons. The number of carbonyl (C=O) groups is 2. The first kappa shape index (κ1) is 44.7. The van der Waals surface area contributed by atoms with Gasteiger partial charge in [-0.3, -0.25) is 19.6 Å². The number of hydrogen-bond acceptors (Lipinski definition) is 15. The average molecular weight is 785 g/mol. The van der Waals surface area contributed by atoms with Crippen LogP contribution in [0.5, 0.6) is 0 Å². The molecule has 6 N–H and O–H groups in total. The molecule has 0 spiro atoms. The van der Waals surface area contributed by atoms with Crippen LogP contribution >= 0.6 is 0 Å². The highest BCUT2D eigenvalue weighted by molar-refractivity contribution is 5.94. The number of benzene rings is 1. The maximum atomic E-state index is 12.9. The minimum Gasteiger partial charge on any atom is -0.477 e. The van der Waals surface area contributed by atoms with Gasteiger partial charge in [0, 0.05) is 51.4 Å². The van der Waals surface area contributed by atoms with Gasteiger partial charge in [0.25, 0.3) is 5.91 Å². The Bertz CT molecular complexity index is 1550. The number of aliphatic hydroxyl groups is 2. The van der Waals surface area contributed by atoms with E-state index in [1.54, 1.807) is 36.4 Å². The summed E-state index contributed by atoms with van der Waals surface area (Å²) in [5.74, 6) is -1.31. The molecule has 56 heavy (non-hydrogen) atoms. The summed E-state index contributed by atoms with van der Waals surface area (Å²) in [5, 5.41) is 32.1. The molecule has 0 bridgehead atoms. The Hall–Kier alpha value is -3.98. The van der Waals surface area contributed by atoms with E-state index in [1.165, 1.54) is 6.07 Å². The Morgan fingerprint density at radius 3 is 1.93 bits per heavy atom. The first-order valence-electron chi connectivity index (χ1n) is 18.9. The number of carbonyl (C=O) groups excluding carboxylic acids is 1. The third-order valence-corrected chi connectivity index (χ3v) is 8.66. The lowest BCUT2D eigenvalue weighted by molar-refractivity contribution is -0.0461. The van der Waals surface area contributed by atoms with Crippen molar-refractivity contribution in [3.8, 4) is 0 Å². The Morgan fingerprint density at radius 2 is 1.32 bits per heavy atom.